The van der Waals surface area contributed by atoms with Gasteiger partial charge in [-0.05, 0) is 90.0 Å². The van der Waals surface area contributed by atoms with Gasteiger partial charge in [0.25, 0.3) is 0 Å². The summed E-state index contributed by atoms with van der Waals surface area (Å²) in [6.07, 6.45) is -1.77. The van der Waals surface area contributed by atoms with Gasteiger partial charge in [0.15, 0.2) is 0 Å². The van der Waals surface area contributed by atoms with Gasteiger partial charge in [-0.15, -0.1) is 0 Å². The molecule has 0 bridgehead atoms. The third-order valence-electron chi connectivity index (χ3n) is 9.99. The lowest BCUT2D eigenvalue weighted by Crippen LogP contribution is -2.45. The van der Waals surface area contributed by atoms with E-state index in [0.717, 1.165) is 22.7 Å². The maximum absolute atomic E-state index is 13.9. The van der Waals surface area contributed by atoms with Crippen LogP contribution in [0.5, 0.6) is 5.75 Å². The van der Waals surface area contributed by atoms with Crippen LogP contribution in [-0.4, -0.2) is 69.6 Å². The van der Waals surface area contributed by atoms with E-state index in [1.807, 2.05) is 97.1 Å². The number of alkyl carbamates (subject to hydrolysis) is 2. The van der Waals surface area contributed by atoms with Gasteiger partial charge >= 0.3 is 30.1 Å². The zero-order valence-electron chi connectivity index (χ0n) is 38.7. The molecule has 14 heteroatoms. The van der Waals surface area contributed by atoms with Crippen molar-refractivity contribution in [2.45, 2.75) is 96.8 Å². The van der Waals surface area contributed by atoms with E-state index in [9.17, 15) is 24.0 Å². The van der Waals surface area contributed by atoms with Crippen LogP contribution in [0.4, 0.5) is 9.59 Å². The van der Waals surface area contributed by atoms with Crippen LogP contribution in [0.2, 0.25) is 25.7 Å². The first-order chi connectivity index (χ1) is 31.4. The lowest BCUT2D eigenvalue weighted by molar-refractivity contribution is -0.147. The Labute approximate surface area is 388 Å². The number of hydrogen-bond donors (Lipinski definition) is 2. The molecule has 0 aliphatic rings. The van der Waals surface area contributed by atoms with Crippen LogP contribution >= 0.6 is 0 Å². The third kappa shape index (κ3) is 16.9. The molecule has 2 atom stereocenters. The van der Waals surface area contributed by atoms with E-state index >= 15 is 0 Å². The number of methoxy groups -OCH3 is 1. The Balaban J connectivity index is 1.52. The number of benzene rings is 5. The molecule has 0 fully saturated rings. The Kier molecular flexibility index (Phi) is 18.1. The molecule has 0 aromatic heterocycles. The Hall–Kier alpha value is -6.93. The zero-order valence-corrected chi connectivity index (χ0v) is 39.7. The monoisotopic (exact) mass is 916 g/mol. The van der Waals surface area contributed by atoms with Crippen molar-refractivity contribution in [1.29, 1.82) is 0 Å². The summed E-state index contributed by atoms with van der Waals surface area (Å²) in [6, 6.07) is 36.6. The van der Waals surface area contributed by atoms with Crippen LogP contribution in [0.1, 0.15) is 58.9 Å². The average Bonchev–Trinajstić information content (AvgIpc) is 3.28. The lowest BCUT2D eigenvalue weighted by atomic mass is 9.94. The Morgan fingerprint density at radius 2 is 1.12 bits per heavy atom. The summed E-state index contributed by atoms with van der Waals surface area (Å²) >= 11 is 0. The molecule has 0 heterocycles. The molecule has 0 radical (unpaired) electrons. The highest BCUT2D eigenvalue weighted by Gasteiger charge is 2.29. The van der Waals surface area contributed by atoms with Gasteiger partial charge in [-0.1, -0.05) is 123 Å². The van der Waals surface area contributed by atoms with Crippen molar-refractivity contribution < 1.29 is 52.4 Å². The van der Waals surface area contributed by atoms with Gasteiger partial charge in [0.1, 0.15) is 43.3 Å². The highest BCUT2D eigenvalue weighted by Crippen LogP contribution is 2.31. The summed E-state index contributed by atoms with van der Waals surface area (Å²) < 4.78 is 34.0. The number of carbonyl (C=O) groups is 5. The lowest BCUT2D eigenvalue weighted by Gasteiger charge is -2.23. The first-order valence-electron chi connectivity index (χ1n) is 21.8. The van der Waals surface area contributed by atoms with E-state index in [-0.39, 0.29) is 44.8 Å². The van der Waals surface area contributed by atoms with Gasteiger partial charge in [-0.25, -0.2) is 24.0 Å². The number of carbonyl (C=O) groups excluding carboxylic acids is 5. The van der Waals surface area contributed by atoms with Crippen LogP contribution in [0.3, 0.4) is 0 Å². The topological polar surface area (TPSA) is 165 Å². The number of amides is 2. The van der Waals surface area contributed by atoms with E-state index in [1.165, 1.54) is 7.11 Å². The molecule has 5 aromatic rings. The van der Waals surface area contributed by atoms with Gasteiger partial charge in [0.05, 0.1) is 19.3 Å². The maximum Gasteiger partial charge on any atom is 0.408 e. The van der Waals surface area contributed by atoms with Crippen molar-refractivity contribution >= 4 is 38.2 Å². The summed E-state index contributed by atoms with van der Waals surface area (Å²) in [5.74, 6) is -1.55. The first-order valence-corrected chi connectivity index (χ1v) is 25.5. The number of hydrogen-bond acceptors (Lipinski definition) is 11. The molecule has 0 spiro atoms. The number of esters is 3. The molecule has 13 nitrogen and oxygen atoms in total. The highest BCUT2D eigenvalue weighted by atomic mass is 28.3. The van der Waals surface area contributed by atoms with Crippen molar-refractivity contribution in [1.82, 2.24) is 10.6 Å². The second-order valence-electron chi connectivity index (χ2n) is 17.9. The third-order valence-corrected chi connectivity index (χ3v) is 11.7. The van der Waals surface area contributed by atoms with E-state index in [1.54, 1.807) is 51.1 Å². The van der Waals surface area contributed by atoms with Crippen molar-refractivity contribution in [2.24, 2.45) is 0 Å². The van der Waals surface area contributed by atoms with E-state index in [2.05, 4.69) is 30.3 Å². The fourth-order valence-electron chi connectivity index (χ4n) is 6.59. The molecule has 0 unspecified atom stereocenters. The Morgan fingerprint density at radius 1 is 0.576 bits per heavy atom. The first kappa shape index (κ1) is 50.1. The largest absolute Gasteiger partial charge is 0.489 e. The summed E-state index contributed by atoms with van der Waals surface area (Å²) in [6.45, 7) is 12.0. The van der Waals surface area contributed by atoms with Gasteiger partial charge in [-0.2, -0.15) is 0 Å². The van der Waals surface area contributed by atoms with Crippen LogP contribution in [-0.2, 0) is 65.9 Å². The standard InChI is InChI=1S/C52H60N2O11Si/c1-52(2,3)65-51(59)54-44(49(57)63-34-37-19-13-9-14-20-37)29-39-27-41(31-43(28-39)47(55)60-4)40-23-24-46(62-33-36-17-11-8-12-18-36)42(30-40)32-45(48(56)61-25-26-66(5,6)7)53-50(58)64-35-38-21-15-10-16-22-38/h8-24,27-28,30-31,44-45H,25-26,29,32-35H2,1-7H3,(H,53,58)(H,54,59)/t44-,45-/m0/s1. The van der Waals surface area contributed by atoms with E-state index in [4.69, 9.17) is 28.4 Å². The smallest absolute Gasteiger partial charge is 0.408 e. The van der Waals surface area contributed by atoms with Crippen molar-refractivity contribution in [3.8, 4) is 16.9 Å². The summed E-state index contributed by atoms with van der Waals surface area (Å²) in [5.41, 5.74) is 3.94. The van der Waals surface area contributed by atoms with Crippen molar-refractivity contribution in [2.75, 3.05) is 13.7 Å². The van der Waals surface area contributed by atoms with Gasteiger partial charge in [-0.3, -0.25) is 0 Å². The van der Waals surface area contributed by atoms with Crippen molar-refractivity contribution in [3.63, 3.8) is 0 Å². The Morgan fingerprint density at radius 3 is 1.70 bits per heavy atom. The average molecular weight is 917 g/mol. The molecule has 0 aliphatic carbocycles. The molecule has 0 saturated carbocycles. The Bertz CT molecular complexity index is 2400. The SMILES string of the molecule is COC(=O)c1cc(C[C@H](NC(=O)OC(C)(C)C)C(=O)OCc2ccccc2)cc(-c2ccc(OCc3ccccc3)c(C[C@H](NC(=O)OCc3ccccc3)C(=O)OCC[Si](C)(C)C)c2)c1. The fraction of sp³-hybridized carbons (Fsp3) is 0.327. The van der Waals surface area contributed by atoms with Crippen LogP contribution < -0.4 is 15.4 Å². The quantitative estimate of drug-likeness (QED) is 0.0434. The number of ether oxygens (including phenoxy) is 6. The minimum absolute atomic E-state index is 0.0112. The van der Waals surface area contributed by atoms with Crippen LogP contribution in [0, 0.1) is 0 Å². The molecule has 2 amide bonds. The van der Waals surface area contributed by atoms with Crippen molar-refractivity contribution in [3.05, 3.63) is 161 Å². The highest BCUT2D eigenvalue weighted by molar-refractivity contribution is 6.76. The van der Waals surface area contributed by atoms with Gasteiger partial charge in [0.2, 0.25) is 0 Å². The minimum atomic E-state index is -1.58. The predicted octanol–water partition coefficient (Wildman–Crippen LogP) is 9.62. The molecular weight excluding hydrogens is 857 g/mol. The molecule has 348 valence electrons. The number of rotatable bonds is 20. The van der Waals surface area contributed by atoms with E-state index in [0.29, 0.717) is 28.0 Å². The normalized spacial score (nSPS) is 12.2. The van der Waals surface area contributed by atoms with Gasteiger partial charge in [0, 0.05) is 20.9 Å². The summed E-state index contributed by atoms with van der Waals surface area (Å²) in [7, 11) is -0.316. The second-order valence-corrected chi connectivity index (χ2v) is 23.6. The fourth-order valence-corrected chi connectivity index (χ4v) is 7.31. The molecule has 66 heavy (non-hydrogen) atoms. The molecule has 0 aliphatic heterocycles. The maximum atomic E-state index is 13.9. The molecule has 5 rings (SSSR count). The summed E-state index contributed by atoms with van der Waals surface area (Å²) in [5, 5.41) is 5.39. The summed E-state index contributed by atoms with van der Waals surface area (Å²) in [4.78, 5) is 67.1. The van der Waals surface area contributed by atoms with Crippen LogP contribution in [0.25, 0.3) is 11.1 Å². The van der Waals surface area contributed by atoms with Crippen LogP contribution in [0.15, 0.2) is 127 Å². The molecule has 2 N–H and O–H groups in total. The predicted molar refractivity (Wildman–Crippen MR) is 253 cm³/mol. The van der Waals surface area contributed by atoms with E-state index < -0.39 is 55.9 Å². The molecule has 5 aromatic carbocycles. The second kappa shape index (κ2) is 23.8. The number of nitrogens with one attached hydrogen (secondary N) is 2. The molecular formula is C52H60N2O11Si. The molecule has 0 saturated heterocycles. The van der Waals surface area contributed by atoms with Gasteiger partial charge < -0.3 is 39.1 Å². The zero-order chi connectivity index (χ0) is 47.7. The minimum Gasteiger partial charge on any atom is -0.489 e.